The van der Waals surface area contributed by atoms with Crippen LogP contribution in [0, 0.1) is 0 Å². The summed E-state index contributed by atoms with van der Waals surface area (Å²) in [5.41, 5.74) is 31.9. The molecule has 0 radical (unpaired) electrons. The Morgan fingerprint density at radius 2 is 0.692 bits per heavy atom. The van der Waals surface area contributed by atoms with E-state index in [0.717, 1.165) is 25.7 Å². The molecule has 0 spiro atoms. The van der Waals surface area contributed by atoms with Gasteiger partial charge in [0.2, 0.25) is 11.9 Å². The summed E-state index contributed by atoms with van der Waals surface area (Å²) in [6, 6.07) is 0. The number of guanidine groups is 4. The summed E-state index contributed by atoms with van der Waals surface area (Å²) in [6.07, 6.45) is 11.8. The molecule has 26 heavy (non-hydrogen) atoms. The van der Waals surface area contributed by atoms with Gasteiger partial charge in [0, 0.05) is 13.1 Å². The molecular weight excluding hydrogens is 332 g/mol. The Labute approximate surface area is 156 Å². The molecule has 0 unspecified atom stereocenters. The fraction of sp³-hybridized carbons (Fsp3) is 0.750. The highest BCUT2D eigenvalue weighted by atomic mass is 15.1. The van der Waals surface area contributed by atoms with Gasteiger partial charge in [-0.3, -0.25) is 9.98 Å². The average Bonchev–Trinajstić information content (AvgIpc) is 2.53. The number of aliphatic imine (C=N–C) groups is 4. The van der Waals surface area contributed by atoms with Crippen molar-refractivity contribution >= 4 is 23.8 Å². The van der Waals surface area contributed by atoms with Gasteiger partial charge >= 0.3 is 0 Å². The van der Waals surface area contributed by atoms with Gasteiger partial charge in [-0.2, -0.15) is 9.98 Å². The lowest BCUT2D eigenvalue weighted by atomic mass is 10.1. The number of rotatable bonds is 13. The summed E-state index contributed by atoms with van der Waals surface area (Å²) in [6.45, 7) is 1.33. The maximum absolute atomic E-state index is 5.52. The maximum Gasteiger partial charge on any atom is 0.218 e. The van der Waals surface area contributed by atoms with Crippen molar-refractivity contribution in [3.8, 4) is 0 Å². The van der Waals surface area contributed by atoms with Crippen molar-refractivity contribution in [3.05, 3.63) is 0 Å². The quantitative estimate of drug-likeness (QED) is 0.150. The minimum atomic E-state index is -0.0611. The van der Waals surface area contributed by atoms with Crippen LogP contribution in [0.4, 0.5) is 0 Å². The zero-order valence-corrected chi connectivity index (χ0v) is 15.7. The van der Waals surface area contributed by atoms with Gasteiger partial charge in [-0.05, 0) is 12.8 Å². The lowest BCUT2D eigenvalue weighted by Crippen LogP contribution is -2.26. The maximum atomic E-state index is 5.52. The van der Waals surface area contributed by atoms with E-state index in [2.05, 4.69) is 20.0 Å². The standard InChI is InChI=1S/C16H36N10/c17-13(18)25-15(21)23-11-9-7-5-3-1-2-4-6-8-10-12-24-16(22)26-14(19)20/h1-12H2,(H6,17,18,21,23,25)(H6,19,20,22,24,26). The Morgan fingerprint density at radius 1 is 0.423 bits per heavy atom. The molecule has 0 aromatic heterocycles. The summed E-state index contributed by atoms with van der Waals surface area (Å²) in [5.74, 6) is 0.173. The van der Waals surface area contributed by atoms with Crippen LogP contribution < -0.4 is 34.4 Å². The summed E-state index contributed by atoms with van der Waals surface area (Å²) in [4.78, 5) is 15.5. The Morgan fingerprint density at radius 3 is 0.962 bits per heavy atom. The second kappa shape index (κ2) is 16.0. The van der Waals surface area contributed by atoms with Crippen LogP contribution >= 0.6 is 0 Å². The van der Waals surface area contributed by atoms with E-state index in [1.807, 2.05) is 0 Å². The van der Waals surface area contributed by atoms with E-state index in [4.69, 9.17) is 34.4 Å². The van der Waals surface area contributed by atoms with Gasteiger partial charge in [0.25, 0.3) is 0 Å². The zero-order chi connectivity index (χ0) is 19.6. The lowest BCUT2D eigenvalue weighted by Gasteiger charge is -2.02. The predicted octanol–water partition coefficient (Wildman–Crippen LogP) is 0.0636. The lowest BCUT2D eigenvalue weighted by molar-refractivity contribution is 0.554. The van der Waals surface area contributed by atoms with Gasteiger partial charge in [-0.1, -0.05) is 51.4 Å². The molecule has 12 N–H and O–H groups in total. The molecule has 0 saturated heterocycles. The van der Waals surface area contributed by atoms with Crippen LogP contribution in [0.5, 0.6) is 0 Å². The molecule has 0 aliphatic carbocycles. The van der Waals surface area contributed by atoms with Gasteiger partial charge in [0.05, 0.1) is 0 Å². The van der Waals surface area contributed by atoms with Gasteiger partial charge in [-0.25, -0.2) is 0 Å². The molecule has 0 rings (SSSR count). The van der Waals surface area contributed by atoms with Crippen molar-refractivity contribution < 1.29 is 0 Å². The number of hydrogen-bond acceptors (Lipinski definition) is 2. The first-order chi connectivity index (χ1) is 12.4. The molecule has 150 valence electrons. The van der Waals surface area contributed by atoms with Crippen LogP contribution in [0.1, 0.15) is 64.2 Å². The largest absolute Gasteiger partial charge is 0.370 e. The molecule has 0 aliphatic rings. The van der Waals surface area contributed by atoms with Crippen LogP contribution in [-0.4, -0.2) is 36.9 Å². The SMILES string of the molecule is NC(N)=NC(N)=NCCCCCCCCCCCCN=C(N)N=C(N)N. The van der Waals surface area contributed by atoms with Crippen LogP contribution in [0.25, 0.3) is 0 Å². The number of unbranched alkanes of at least 4 members (excludes halogenated alkanes) is 9. The van der Waals surface area contributed by atoms with Crippen molar-refractivity contribution in [3.63, 3.8) is 0 Å². The summed E-state index contributed by atoms with van der Waals surface area (Å²) >= 11 is 0. The summed E-state index contributed by atoms with van der Waals surface area (Å²) < 4.78 is 0. The Kier molecular flexibility index (Phi) is 14.4. The molecule has 0 aliphatic heterocycles. The zero-order valence-electron chi connectivity index (χ0n) is 15.7. The highest BCUT2D eigenvalue weighted by molar-refractivity contribution is 5.92. The van der Waals surface area contributed by atoms with E-state index in [9.17, 15) is 0 Å². The molecule has 10 nitrogen and oxygen atoms in total. The summed E-state index contributed by atoms with van der Waals surface area (Å²) in [5, 5.41) is 0. The number of nitrogens with two attached hydrogens (primary N) is 6. The second-order valence-electron chi connectivity index (χ2n) is 6.09. The highest BCUT2D eigenvalue weighted by Gasteiger charge is 1.95. The predicted molar refractivity (Wildman–Crippen MR) is 111 cm³/mol. The van der Waals surface area contributed by atoms with E-state index < -0.39 is 0 Å². The third kappa shape index (κ3) is 17.8. The number of hydrogen-bond donors (Lipinski definition) is 6. The van der Waals surface area contributed by atoms with Crippen LogP contribution in [0.15, 0.2) is 20.0 Å². The van der Waals surface area contributed by atoms with Crippen LogP contribution in [0.2, 0.25) is 0 Å². The molecule has 0 bridgehead atoms. The minimum Gasteiger partial charge on any atom is -0.370 e. The third-order valence-corrected chi connectivity index (χ3v) is 3.60. The number of nitrogens with zero attached hydrogens (tertiary/aromatic N) is 4. The van der Waals surface area contributed by atoms with E-state index in [-0.39, 0.29) is 23.8 Å². The van der Waals surface area contributed by atoms with Crippen molar-refractivity contribution in [2.24, 2.45) is 54.4 Å². The van der Waals surface area contributed by atoms with Crippen molar-refractivity contribution in [2.75, 3.05) is 13.1 Å². The average molecular weight is 369 g/mol. The van der Waals surface area contributed by atoms with Gasteiger partial charge in [-0.15, -0.1) is 0 Å². The van der Waals surface area contributed by atoms with Crippen molar-refractivity contribution in [1.29, 1.82) is 0 Å². The van der Waals surface area contributed by atoms with Gasteiger partial charge < -0.3 is 34.4 Å². The first-order valence-electron chi connectivity index (χ1n) is 9.21. The normalized spacial score (nSPS) is 12.0. The first-order valence-corrected chi connectivity index (χ1v) is 9.21. The molecule has 0 aromatic carbocycles. The third-order valence-electron chi connectivity index (χ3n) is 3.60. The first kappa shape index (κ1) is 23.5. The van der Waals surface area contributed by atoms with E-state index >= 15 is 0 Å². The Balaban J connectivity index is 3.37. The minimum absolute atomic E-state index is 0.0611. The van der Waals surface area contributed by atoms with Crippen molar-refractivity contribution in [2.45, 2.75) is 64.2 Å². The fourth-order valence-electron chi connectivity index (χ4n) is 2.36. The molecular formula is C16H36N10. The highest BCUT2D eigenvalue weighted by Crippen LogP contribution is 2.10. The monoisotopic (exact) mass is 368 g/mol. The van der Waals surface area contributed by atoms with Crippen LogP contribution in [0.3, 0.4) is 0 Å². The topological polar surface area (TPSA) is 206 Å². The molecule has 0 fully saturated rings. The van der Waals surface area contributed by atoms with Gasteiger partial charge in [0.1, 0.15) is 0 Å². The van der Waals surface area contributed by atoms with Gasteiger partial charge in [0.15, 0.2) is 11.9 Å². The molecule has 10 heteroatoms. The Hall–Kier alpha value is -2.52. The molecule has 0 amide bonds. The van der Waals surface area contributed by atoms with E-state index in [0.29, 0.717) is 13.1 Å². The van der Waals surface area contributed by atoms with Crippen molar-refractivity contribution in [1.82, 2.24) is 0 Å². The molecule has 0 saturated carbocycles. The molecule has 0 heterocycles. The van der Waals surface area contributed by atoms with E-state index in [1.54, 1.807) is 0 Å². The molecule has 0 atom stereocenters. The Bertz CT molecular complexity index is 429. The van der Waals surface area contributed by atoms with Crippen LogP contribution in [-0.2, 0) is 0 Å². The fourth-order valence-corrected chi connectivity index (χ4v) is 2.36. The summed E-state index contributed by atoms with van der Waals surface area (Å²) in [7, 11) is 0. The second-order valence-corrected chi connectivity index (χ2v) is 6.09. The van der Waals surface area contributed by atoms with E-state index in [1.165, 1.54) is 38.5 Å². The smallest absolute Gasteiger partial charge is 0.218 e. The molecule has 0 aromatic rings.